The summed E-state index contributed by atoms with van der Waals surface area (Å²) in [6, 6.07) is 10.9. The second-order valence-electron chi connectivity index (χ2n) is 6.70. The number of thioether (sulfide) groups is 1. The Balaban J connectivity index is 1.31. The number of hydrazine groups is 1. The zero-order valence-corrected chi connectivity index (χ0v) is 17.5. The maximum atomic E-state index is 12.4. The Morgan fingerprint density at radius 3 is 2.70 bits per heavy atom. The summed E-state index contributed by atoms with van der Waals surface area (Å²) in [6.45, 7) is 5.84. The molecule has 4 rings (SSSR count). The molecule has 1 aliphatic rings. The van der Waals surface area contributed by atoms with Crippen LogP contribution in [-0.2, 0) is 11.3 Å². The van der Waals surface area contributed by atoms with E-state index < -0.39 is 5.91 Å². The first-order chi connectivity index (χ1) is 14.5. The molecule has 3 aromatic rings. The molecule has 2 amide bonds. The SMILES string of the molecule is CCn1c(C)nc2cc(C(=O)NNC(=O)CSc3ccc4c(c3)OCCO4)ccc21. The predicted octanol–water partition coefficient (Wildman–Crippen LogP) is 2.69. The highest BCUT2D eigenvalue weighted by Crippen LogP contribution is 2.34. The van der Waals surface area contributed by atoms with Gasteiger partial charge in [-0.05, 0) is 50.2 Å². The summed E-state index contributed by atoms with van der Waals surface area (Å²) < 4.78 is 13.1. The topological polar surface area (TPSA) is 94.5 Å². The summed E-state index contributed by atoms with van der Waals surface area (Å²) in [5.74, 6) is 1.73. The number of ether oxygens (including phenoxy) is 2. The van der Waals surface area contributed by atoms with Crippen LogP contribution in [0.25, 0.3) is 11.0 Å². The Morgan fingerprint density at radius 2 is 1.90 bits per heavy atom. The summed E-state index contributed by atoms with van der Waals surface area (Å²) in [7, 11) is 0. The van der Waals surface area contributed by atoms with Gasteiger partial charge in [-0.15, -0.1) is 11.8 Å². The third kappa shape index (κ3) is 4.20. The highest BCUT2D eigenvalue weighted by atomic mass is 32.2. The van der Waals surface area contributed by atoms with E-state index in [9.17, 15) is 9.59 Å². The molecule has 0 spiro atoms. The smallest absolute Gasteiger partial charge is 0.269 e. The van der Waals surface area contributed by atoms with Crippen LogP contribution in [-0.4, -0.2) is 40.3 Å². The van der Waals surface area contributed by atoms with Crippen molar-refractivity contribution in [3.63, 3.8) is 0 Å². The number of rotatable bonds is 5. The van der Waals surface area contributed by atoms with Gasteiger partial charge in [-0.1, -0.05) is 0 Å². The van der Waals surface area contributed by atoms with Gasteiger partial charge < -0.3 is 14.0 Å². The Hall–Kier alpha value is -3.20. The molecule has 30 heavy (non-hydrogen) atoms. The number of fused-ring (bicyclic) bond motifs is 2. The predicted molar refractivity (Wildman–Crippen MR) is 114 cm³/mol. The molecular formula is C21H22N4O4S. The Labute approximate surface area is 177 Å². The van der Waals surface area contributed by atoms with E-state index in [-0.39, 0.29) is 11.7 Å². The van der Waals surface area contributed by atoms with Crippen molar-refractivity contribution in [2.24, 2.45) is 0 Å². The van der Waals surface area contributed by atoms with Gasteiger partial charge in [0.05, 0.1) is 16.8 Å². The fourth-order valence-electron chi connectivity index (χ4n) is 3.29. The number of hydrogen-bond donors (Lipinski definition) is 2. The third-order valence-electron chi connectivity index (χ3n) is 4.72. The van der Waals surface area contributed by atoms with E-state index in [0.717, 1.165) is 28.3 Å². The first-order valence-electron chi connectivity index (χ1n) is 9.63. The van der Waals surface area contributed by atoms with E-state index in [4.69, 9.17) is 9.47 Å². The van der Waals surface area contributed by atoms with Crippen molar-refractivity contribution in [3.8, 4) is 11.5 Å². The minimum absolute atomic E-state index is 0.152. The third-order valence-corrected chi connectivity index (χ3v) is 5.71. The van der Waals surface area contributed by atoms with Crippen LogP contribution in [0.4, 0.5) is 0 Å². The zero-order valence-electron chi connectivity index (χ0n) is 16.7. The number of carbonyl (C=O) groups excluding carboxylic acids is 2. The molecule has 0 radical (unpaired) electrons. The fourth-order valence-corrected chi connectivity index (χ4v) is 4.01. The summed E-state index contributed by atoms with van der Waals surface area (Å²) in [4.78, 5) is 29.9. The van der Waals surface area contributed by atoms with Gasteiger partial charge >= 0.3 is 0 Å². The molecule has 0 bridgehead atoms. The van der Waals surface area contributed by atoms with Crippen molar-refractivity contribution >= 4 is 34.6 Å². The molecule has 1 aliphatic heterocycles. The molecule has 0 saturated carbocycles. The fraction of sp³-hybridized carbons (Fsp3) is 0.286. The molecule has 0 saturated heterocycles. The van der Waals surface area contributed by atoms with E-state index in [2.05, 4.69) is 20.4 Å². The molecule has 8 nitrogen and oxygen atoms in total. The molecule has 1 aromatic heterocycles. The van der Waals surface area contributed by atoms with Crippen LogP contribution in [0.2, 0.25) is 0 Å². The average Bonchev–Trinajstić information content (AvgIpc) is 3.09. The molecule has 0 unspecified atom stereocenters. The maximum absolute atomic E-state index is 12.4. The number of aryl methyl sites for hydroxylation is 2. The molecule has 2 N–H and O–H groups in total. The van der Waals surface area contributed by atoms with Crippen LogP contribution in [0.3, 0.4) is 0 Å². The molecule has 0 atom stereocenters. The monoisotopic (exact) mass is 426 g/mol. The standard InChI is InChI=1S/C21H22N4O4S/c1-3-25-13(2)22-16-10-14(4-6-17(16)25)21(27)24-23-20(26)12-30-15-5-7-18-19(11-15)29-9-8-28-18/h4-7,10-11H,3,8-9,12H2,1-2H3,(H,23,26)(H,24,27). The number of aromatic nitrogens is 2. The highest BCUT2D eigenvalue weighted by molar-refractivity contribution is 8.00. The highest BCUT2D eigenvalue weighted by Gasteiger charge is 2.14. The number of nitrogens with one attached hydrogen (secondary N) is 2. The number of hydrogen-bond acceptors (Lipinski definition) is 6. The summed E-state index contributed by atoms with van der Waals surface area (Å²) >= 11 is 1.35. The second kappa shape index (κ2) is 8.66. The molecular weight excluding hydrogens is 404 g/mol. The van der Waals surface area contributed by atoms with Gasteiger partial charge in [0.25, 0.3) is 5.91 Å². The number of carbonyl (C=O) groups is 2. The largest absolute Gasteiger partial charge is 0.486 e. The van der Waals surface area contributed by atoms with Crippen molar-refractivity contribution in [1.29, 1.82) is 0 Å². The molecule has 156 valence electrons. The normalized spacial score (nSPS) is 12.6. The number of nitrogens with zero attached hydrogens (tertiary/aromatic N) is 2. The van der Waals surface area contributed by atoms with Crippen LogP contribution < -0.4 is 20.3 Å². The Morgan fingerprint density at radius 1 is 1.10 bits per heavy atom. The van der Waals surface area contributed by atoms with Crippen LogP contribution >= 0.6 is 11.8 Å². The number of benzene rings is 2. The van der Waals surface area contributed by atoms with Crippen LogP contribution in [0.5, 0.6) is 11.5 Å². The Kier molecular flexibility index (Phi) is 5.80. The van der Waals surface area contributed by atoms with Crippen molar-refractivity contribution in [2.45, 2.75) is 25.3 Å². The molecule has 0 aliphatic carbocycles. The number of imidazole rings is 1. The molecule has 9 heteroatoms. The summed E-state index contributed by atoms with van der Waals surface area (Å²) in [5.41, 5.74) is 7.07. The van der Waals surface area contributed by atoms with Gasteiger partial charge in [-0.3, -0.25) is 20.4 Å². The summed E-state index contributed by atoms with van der Waals surface area (Å²) in [6.07, 6.45) is 0. The first kappa shape index (κ1) is 20.1. The van der Waals surface area contributed by atoms with Crippen LogP contribution in [0, 0.1) is 6.92 Å². The lowest BCUT2D eigenvalue weighted by Gasteiger charge is -2.18. The maximum Gasteiger partial charge on any atom is 0.269 e. The Bertz CT molecular complexity index is 1110. The van der Waals surface area contributed by atoms with E-state index in [0.29, 0.717) is 30.3 Å². The quantitative estimate of drug-likeness (QED) is 0.481. The van der Waals surface area contributed by atoms with Crippen LogP contribution in [0.1, 0.15) is 23.1 Å². The van der Waals surface area contributed by atoms with Gasteiger partial charge in [-0.25, -0.2) is 4.98 Å². The minimum atomic E-state index is -0.390. The second-order valence-corrected chi connectivity index (χ2v) is 7.75. The minimum Gasteiger partial charge on any atom is -0.486 e. The molecule has 0 fully saturated rings. The van der Waals surface area contributed by atoms with E-state index in [1.165, 1.54) is 11.8 Å². The first-order valence-corrected chi connectivity index (χ1v) is 10.6. The van der Waals surface area contributed by atoms with Gasteiger partial charge in [0.2, 0.25) is 5.91 Å². The van der Waals surface area contributed by atoms with Crippen molar-refractivity contribution < 1.29 is 19.1 Å². The lowest BCUT2D eigenvalue weighted by molar-refractivity contribution is -0.119. The van der Waals surface area contributed by atoms with Gasteiger partial charge in [0.1, 0.15) is 19.0 Å². The molecule has 2 heterocycles. The lowest BCUT2D eigenvalue weighted by Crippen LogP contribution is -2.42. The van der Waals surface area contributed by atoms with E-state index in [1.807, 2.05) is 38.1 Å². The molecule has 2 aromatic carbocycles. The average molecular weight is 426 g/mol. The summed E-state index contributed by atoms with van der Waals surface area (Å²) in [5, 5.41) is 0. The lowest BCUT2D eigenvalue weighted by atomic mass is 10.2. The zero-order chi connectivity index (χ0) is 21.1. The van der Waals surface area contributed by atoms with Crippen molar-refractivity contribution in [1.82, 2.24) is 20.4 Å². The van der Waals surface area contributed by atoms with Gasteiger partial charge in [0, 0.05) is 17.0 Å². The van der Waals surface area contributed by atoms with Crippen molar-refractivity contribution in [3.05, 3.63) is 47.8 Å². The van der Waals surface area contributed by atoms with Gasteiger partial charge in [-0.2, -0.15) is 0 Å². The number of amides is 2. The van der Waals surface area contributed by atoms with Crippen LogP contribution in [0.15, 0.2) is 41.3 Å². The van der Waals surface area contributed by atoms with E-state index in [1.54, 1.807) is 12.1 Å². The van der Waals surface area contributed by atoms with Crippen molar-refractivity contribution in [2.75, 3.05) is 19.0 Å². The van der Waals surface area contributed by atoms with E-state index >= 15 is 0 Å². The van der Waals surface area contributed by atoms with Gasteiger partial charge in [0.15, 0.2) is 11.5 Å².